The van der Waals surface area contributed by atoms with Crippen LogP contribution in [0.1, 0.15) is 0 Å². The van der Waals surface area contributed by atoms with Crippen molar-refractivity contribution in [1.29, 1.82) is 0 Å². The number of rotatable bonds is 6. The summed E-state index contributed by atoms with van der Waals surface area (Å²) in [6.07, 6.45) is 0. The van der Waals surface area contributed by atoms with Crippen LogP contribution in [-0.2, 0) is 37.4 Å². The first kappa shape index (κ1) is 39.6. The number of hydrogen-bond donors (Lipinski definition) is 6. The quantitative estimate of drug-likeness (QED) is 0.108. The largest absolute Gasteiger partial charge is 1.00 e. The topological polar surface area (TPSA) is 251 Å². The van der Waals surface area contributed by atoms with Gasteiger partial charge < -0.3 is 20.4 Å². The standard InChI is InChI=1S/2C16H13N3O4S.Cr.Li/c2*17-24(22,23)11-6-8-14(20)13(9-11)18-19-16-12-4-2-1-3-10(12)5-7-15(16)21;;/h2*1-9,20-21H,(H2,17,22,23);;/q;;;+1. The zero-order valence-corrected chi connectivity index (χ0v) is 28.9. The summed E-state index contributed by atoms with van der Waals surface area (Å²) < 4.78 is 45.5. The molecule has 0 aliphatic rings. The number of nitrogens with zero attached hydrogens (tertiary/aromatic N) is 4. The van der Waals surface area contributed by atoms with Crippen molar-refractivity contribution in [2.45, 2.75) is 9.79 Å². The summed E-state index contributed by atoms with van der Waals surface area (Å²) in [5, 5.41) is 68.4. The fourth-order valence-corrected chi connectivity index (χ4v) is 5.49. The molecule has 0 heterocycles. The molecule has 0 aliphatic carbocycles. The zero-order chi connectivity index (χ0) is 34.6. The Bertz CT molecular complexity index is 2310. The molecule has 0 fully saturated rings. The van der Waals surface area contributed by atoms with Crippen molar-refractivity contribution in [2.24, 2.45) is 30.7 Å². The molecule has 250 valence electrons. The summed E-state index contributed by atoms with van der Waals surface area (Å²) in [4.78, 5) is -0.396. The normalized spacial score (nSPS) is 11.6. The van der Waals surface area contributed by atoms with Gasteiger partial charge >= 0.3 is 18.9 Å². The Morgan fingerprint density at radius 3 is 1.16 bits per heavy atom. The number of benzene rings is 6. The van der Waals surface area contributed by atoms with Crippen molar-refractivity contribution in [3.8, 4) is 23.0 Å². The number of phenols is 4. The van der Waals surface area contributed by atoms with Gasteiger partial charge in [0.15, 0.2) is 0 Å². The van der Waals surface area contributed by atoms with Crippen molar-refractivity contribution in [1.82, 2.24) is 0 Å². The molecule has 0 saturated heterocycles. The smallest absolute Gasteiger partial charge is 0.506 e. The number of hydrogen-bond acceptors (Lipinski definition) is 12. The Kier molecular flexibility index (Phi) is 12.9. The minimum Gasteiger partial charge on any atom is -0.506 e. The van der Waals surface area contributed by atoms with Crippen molar-refractivity contribution in [2.75, 3.05) is 0 Å². The second-order valence-electron chi connectivity index (χ2n) is 10.1. The SMILES string of the molecule is NS(=O)(=O)c1ccc(O)c(N=Nc2c(O)ccc3ccccc23)c1.NS(=O)(=O)c1ccc(O)c(N=Nc2c(O)ccc3ccccc23)c1.[Cr].[Li+]. The molecule has 0 aromatic heterocycles. The average Bonchev–Trinajstić information content (AvgIpc) is 3.04. The van der Waals surface area contributed by atoms with Crippen LogP contribution in [-0.4, -0.2) is 37.3 Å². The third-order valence-electron chi connectivity index (χ3n) is 6.82. The molecule has 0 bridgehead atoms. The van der Waals surface area contributed by atoms with Crippen LogP contribution >= 0.6 is 0 Å². The fraction of sp³-hybridized carbons (Fsp3) is 0. The molecule has 0 saturated carbocycles. The molecule has 18 heteroatoms. The summed E-state index contributed by atoms with van der Waals surface area (Å²) in [6, 6.07) is 27.8. The van der Waals surface area contributed by atoms with E-state index in [1.54, 1.807) is 36.4 Å². The number of primary sulfonamides is 2. The summed E-state index contributed by atoms with van der Waals surface area (Å²) >= 11 is 0. The molecular formula is C32H26CrLiN6O8S2+. The molecule has 0 atom stereocenters. The second kappa shape index (κ2) is 16.3. The molecule has 0 spiro atoms. The van der Waals surface area contributed by atoms with Crippen LogP contribution in [0.4, 0.5) is 22.7 Å². The van der Waals surface area contributed by atoms with Crippen LogP contribution in [0.25, 0.3) is 21.5 Å². The van der Waals surface area contributed by atoms with E-state index in [9.17, 15) is 37.3 Å². The summed E-state index contributed by atoms with van der Waals surface area (Å²) in [6.45, 7) is 0. The fourth-order valence-electron chi connectivity index (χ4n) is 4.43. The third-order valence-corrected chi connectivity index (χ3v) is 8.65. The van der Waals surface area contributed by atoms with Gasteiger partial charge in [0.25, 0.3) is 0 Å². The summed E-state index contributed by atoms with van der Waals surface area (Å²) in [5.74, 6) is -0.684. The van der Waals surface area contributed by atoms with Crippen molar-refractivity contribution in [3.63, 3.8) is 0 Å². The minimum atomic E-state index is -3.93. The maximum Gasteiger partial charge on any atom is 1.00 e. The van der Waals surface area contributed by atoms with Crippen LogP contribution in [0.2, 0.25) is 0 Å². The van der Waals surface area contributed by atoms with Crippen LogP contribution in [0.5, 0.6) is 23.0 Å². The van der Waals surface area contributed by atoms with Crippen molar-refractivity contribution >= 4 is 64.3 Å². The first-order valence-electron chi connectivity index (χ1n) is 13.7. The van der Waals surface area contributed by atoms with Crippen LogP contribution in [0, 0.1) is 0 Å². The Balaban J connectivity index is 0.000000260. The van der Waals surface area contributed by atoms with Gasteiger partial charge in [0.2, 0.25) is 20.0 Å². The maximum absolute atomic E-state index is 11.4. The molecule has 6 aromatic rings. The van der Waals surface area contributed by atoms with Gasteiger partial charge in [-0.15, -0.1) is 20.5 Å². The first-order valence-corrected chi connectivity index (χ1v) is 16.8. The van der Waals surface area contributed by atoms with E-state index in [-0.39, 0.29) is 91.8 Å². The number of sulfonamides is 2. The zero-order valence-electron chi connectivity index (χ0n) is 26.0. The van der Waals surface area contributed by atoms with Gasteiger partial charge in [-0.3, -0.25) is 0 Å². The van der Waals surface area contributed by atoms with E-state index < -0.39 is 20.0 Å². The predicted molar refractivity (Wildman–Crippen MR) is 179 cm³/mol. The van der Waals surface area contributed by atoms with Crippen molar-refractivity contribution in [3.05, 3.63) is 109 Å². The molecule has 8 N–H and O–H groups in total. The molecule has 0 radical (unpaired) electrons. The molecule has 0 aliphatic heterocycles. The van der Waals surface area contributed by atoms with Gasteiger partial charge in [-0.05, 0) is 59.3 Å². The monoisotopic (exact) mass is 745 g/mol. The molecule has 14 nitrogen and oxygen atoms in total. The average molecular weight is 746 g/mol. The molecule has 0 amide bonds. The van der Waals surface area contributed by atoms with Gasteiger partial charge in [-0.25, -0.2) is 27.1 Å². The number of azo groups is 2. The number of aromatic hydroxyl groups is 4. The minimum absolute atomic E-state index is 0. The van der Waals surface area contributed by atoms with E-state index in [0.29, 0.717) is 10.8 Å². The van der Waals surface area contributed by atoms with Crippen molar-refractivity contribution < 1.29 is 73.5 Å². The van der Waals surface area contributed by atoms with Crippen LogP contribution in [0.3, 0.4) is 0 Å². The molecule has 6 rings (SSSR count). The predicted octanol–water partition coefficient (Wildman–Crippen LogP) is 3.63. The summed E-state index contributed by atoms with van der Waals surface area (Å²) in [5.41, 5.74) is 0.282. The van der Waals surface area contributed by atoms with E-state index in [2.05, 4.69) is 20.5 Å². The molecule has 0 unspecified atom stereocenters. The van der Waals surface area contributed by atoms with E-state index in [1.807, 2.05) is 24.3 Å². The Hall–Kier alpha value is -4.81. The number of phenolic OH excluding ortho intramolecular Hbond substituents is 4. The second-order valence-corrected chi connectivity index (χ2v) is 13.2. The van der Waals surface area contributed by atoms with Gasteiger partial charge in [-0.1, -0.05) is 60.7 Å². The van der Waals surface area contributed by atoms with Gasteiger partial charge in [0, 0.05) is 28.1 Å². The molecule has 6 aromatic carbocycles. The van der Waals surface area contributed by atoms with Gasteiger partial charge in [-0.2, -0.15) is 0 Å². The van der Waals surface area contributed by atoms with E-state index in [4.69, 9.17) is 10.3 Å². The van der Waals surface area contributed by atoms with Gasteiger partial charge in [0.1, 0.15) is 45.7 Å². The number of nitrogens with two attached hydrogens (primary N) is 2. The molecule has 50 heavy (non-hydrogen) atoms. The summed E-state index contributed by atoms with van der Waals surface area (Å²) in [7, 11) is -7.86. The Labute approximate surface area is 308 Å². The van der Waals surface area contributed by atoms with E-state index in [0.717, 1.165) is 35.0 Å². The van der Waals surface area contributed by atoms with E-state index >= 15 is 0 Å². The Morgan fingerprint density at radius 1 is 0.460 bits per heavy atom. The first-order chi connectivity index (χ1) is 22.7. The number of fused-ring (bicyclic) bond motifs is 2. The van der Waals surface area contributed by atoms with E-state index in [1.165, 1.54) is 24.3 Å². The van der Waals surface area contributed by atoms with Crippen LogP contribution in [0.15, 0.2) is 139 Å². The Morgan fingerprint density at radius 2 is 0.800 bits per heavy atom. The third kappa shape index (κ3) is 9.24. The molecular weight excluding hydrogens is 719 g/mol. The maximum atomic E-state index is 11.4. The van der Waals surface area contributed by atoms with Gasteiger partial charge in [0.05, 0.1) is 9.79 Å². The van der Waals surface area contributed by atoms with Crippen LogP contribution < -0.4 is 29.1 Å².